The summed E-state index contributed by atoms with van der Waals surface area (Å²) in [6, 6.07) is 10.0. The molecule has 0 radical (unpaired) electrons. The van der Waals surface area contributed by atoms with Crippen molar-refractivity contribution in [3.63, 3.8) is 0 Å². The zero-order chi connectivity index (χ0) is 13.0. The third kappa shape index (κ3) is 3.56. The summed E-state index contributed by atoms with van der Waals surface area (Å²) in [5, 5.41) is -0.212. The van der Waals surface area contributed by atoms with E-state index in [0.29, 0.717) is 24.9 Å². The molecule has 0 saturated carbocycles. The third-order valence-corrected chi connectivity index (χ3v) is 5.78. The van der Waals surface area contributed by atoms with Crippen LogP contribution in [0.2, 0.25) is 0 Å². The van der Waals surface area contributed by atoms with E-state index in [4.69, 9.17) is 4.74 Å². The van der Waals surface area contributed by atoms with Gasteiger partial charge in [-0.15, -0.1) is 0 Å². The molecule has 0 aromatic heterocycles. The minimum absolute atomic E-state index is 0.212. The predicted molar refractivity (Wildman–Crippen MR) is 72.1 cm³/mol. The molecule has 1 aromatic carbocycles. The highest BCUT2D eigenvalue weighted by molar-refractivity contribution is 7.92. The van der Waals surface area contributed by atoms with Crippen LogP contribution in [0.1, 0.15) is 25.3 Å². The van der Waals surface area contributed by atoms with Crippen LogP contribution in [0.4, 0.5) is 0 Å². The minimum Gasteiger partial charge on any atom is -0.376 e. The average molecular weight is 268 g/mol. The Hall–Kier alpha value is -0.870. The van der Waals surface area contributed by atoms with Gasteiger partial charge in [-0.2, -0.15) is 0 Å². The van der Waals surface area contributed by atoms with Gasteiger partial charge in [-0.25, -0.2) is 8.42 Å². The molecule has 0 spiro atoms. The molecule has 1 aliphatic rings. The fourth-order valence-electron chi connectivity index (χ4n) is 2.34. The van der Waals surface area contributed by atoms with Gasteiger partial charge in [0.2, 0.25) is 0 Å². The van der Waals surface area contributed by atoms with E-state index in [-0.39, 0.29) is 5.25 Å². The summed E-state index contributed by atoms with van der Waals surface area (Å²) >= 11 is 0. The van der Waals surface area contributed by atoms with Crippen molar-refractivity contribution in [2.24, 2.45) is 5.92 Å². The Morgan fingerprint density at radius 2 is 2.00 bits per heavy atom. The Morgan fingerprint density at radius 1 is 1.28 bits per heavy atom. The second-order valence-corrected chi connectivity index (χ2v) is 7.61. The Morgan fingerprint density at radius 3 is 2.67 bits per heavy atom. The SMILES string of the molecule is C[C@H]1C[C@@H](COCc2ccccc2)CCS1(=O)=O. The fraction of sp³-hybridized carbons (Fsp3) is 0.571. The predicted octanol–water partition coefficient (Wildman–Crippen LogP) is 2.42. The lowest BCUT2D eigenvalue weighted by Crippen LogP contribution is -2.32. The molecule has 1 fully saturated rings. The highest BCUT2D eigenvalue weighted by atomic mass is 32.2. The maximum atomic E-state index is 11.6. The van der Waals surface area contributed by atoms with Crippen molar-refractivity contribution >= 4 is 9.84 Å². The van der Waals surface area contributed by atoms with Crippen LogP contribution in [0.5, 0.6) is 0 Å². The largest absolute Gasteiger partial charge is 0.376 e. The standard InChI is InChI=1S/C14H20O3S/c1-12-9-14(7-8-18(12,15)16)11-17-10-13-5-3-2-4-6-13/h2-6,12,14H,7-11H2,1H3/t12-,14-/m0/s1. The molecule has 1 saturated heterocycles. The van der Waals surface area contributed by atoms with Crippen LogP contribution in [0.3, 0.4) is 0 Å². The van der Waals surface area contributed by atoms with Crippen molar-refractivity contribution in [1.29, 1.82) is 0 Å². The molecule has 2 atom stereocenters. The molecule has 3 nitrogen and oxygen atoms in total. The van der Waals surface area contributed by atoms with Crippen LogP contribution in [-0.4, -0.2) is 26.0 Å². The number of ether oxygens (including phenoxy) is 1. The van der Waals surface area contributed by atoms with Gasteiger partial charge in [0, 0.05) is 6.61 Å². The molecule has 18 heavy (non-hydrogen) atoms. The van der Waals surface area contributed by atoms with Gasteiger partial charge in [0.25, 0.3) is 0 Å². The topological polar surface area (TPSA) is 43.4 Å². The van der Waals surface area contributed by atoms with E-state index in [1.807, 2.05) is 30.3 Å². The Labute approximate surface area is 109 Å². The van der Waals surface area contributed by atoms with Gasteiger partial charge >= 0.3 is 0 Å². The lowest BCUT2D eigenvalue weighted by Gasteiger charge is -2.26. The van der Waals surface area contributed by atoms with Crippen molar-refractivity contribution in [1.82, 2.24) is 0 Å². The molecule has 100 valence electrons. The number of hydrogen-bond donors (Lipinski definition) is 0. The molecule has 0 aliphatic carbocycles. The summed E-state index contributed by atoms with van der Waals surface area (Å²) in [5.74, 6) is 0.695. The summed E-state index contributed by atoms with van der Waals surface area (Å²) in [4.78, 5) is 0. The van der Waals surface area contributed by atoms with Gasteiger partial charge in [0.15, 0.2) is 9.84 Å². The van der Waals surface area contributed by atoms with E-state index in [1.165, 1.54) is 0 Å². The molecular formula is C14H20O3S. The molecule has 0 N–H and O–H groups in total. The maximum absolute atomic E-state index is 11.6. The quantitative estimate of drug-likeness (QED) is 0.842. The first-order valence-corrected chi connectivity index (χ1v) is 8.13. The van der Waals surface area contributed by atoms with Crippen molar-refractivity contribution in [2.45, 2.75) is 31.6 Å². The first kappa shape index (κ1) is 13.6. The summed E-state index contributed by atoms with van der Waals surface area (Å²) in [7, 11) is -2.83. The Balaban J connectivity index is 1.75. The summed E-state index contributed by atoms with van der Waals surface area (Å²) in [6.07, 6.45) is 1.47. The fourth-order valence-corrected chi connectivity index (χ4v) is 3.96. The number of benzene rings is 1. The zero-order valence-electron chi connectivity index (χ0n) is 10.7. The smallest absolute Gasteiger partial charge is 0.152 e. The van der Waals surface area contributed by atoms with Gasteiger partial charge < -0.3 is 4.74 Å². The van der Waals surface area contributed by atoms with Gasteiger partial charge in [0.05, 0.1) is 17.6 Å². The Bertz CT molecular complexity index is 467. The van der Waals surface area contributed by atoms with Crippen LogP contribution in [0.15, 0.2) is 30.3 Å². The molecule has 2 rings (SSSR count). The van der Waals surface area contributed by atoms with Crippen molar-refractivity contribution in [3.8, 4) is 0 Å². The molecule has 1 aliphatic heterocycles. The average Bonchev–Trinajstić information content (AvgIpc) is 2.35. The van der Waals surface area contributed by atoms with Crippen LogP contribution in [0, 0.1) is 5.92 Å². The second kappa shape index (κ2) is 5.85. The van der Waals surface area contributed by atoms with E-state index in [0.717, 1.165) is 18.4 Å². The Kier molecular flexibility index (Phi) is 4.40. The van der Waals surface area contributed by atoms with E-state index >= 15 is 0 Å². The number of hydrogen-bond acceptors (Lipinski definition) is 3. The molecule has 0 bridgehead atoms. The molecule has 4 heteroatoms. The first-order chi connectivity index (χ1) is 8.58. The molecular weight excluding hydrogens is 248 g/mol. The monoisotopic (exact) mass is 268 g/mol. The molecule has 1 aromatic rings. The summed E-state index contributed by atoms with van der Waals surface area (Å²) in [6.45, 7) is 3.08. The zero-order valence-corrected chi connectivity index (χ0v) is 11.5. The third-order valence-electron chi connectivity index (χ3n) is 3.55. The van der Waals surface area contributed by atoms with Crippen LogP contribution in [0.25, 0.3) is 0 Å². The molecule has 0 unspecified atom stereocenters. The number of rotatable bonds is 4. The van der Waals surface area contributed by atoms with E-state index < -0.39 is 9.84 Å². The van der Waals surface area contributed by atoms with Crippen LogP contribution < -0.4 is 0 Å². The summed E-state index contributed by atoms with van der Waals surface area (Å²) in [5.41, 5.74) is 1.16. The summed E-state index contributed by atoms with van der Waals surface area (Å²) < 4.78 is 28.8. The maximum Gasteiger partial charge on any atom is 0.152 e. The van der Waals surface area contributed by atoms with Crippen LogP contribution in [-0.2, 0) is 21.2 Å². The lowest BCUT2D eigenvalue weighted by atomic mass is 10.0. The van der Waals surface area contributed by atoms with Gasteiger partial charge in [0.1, 0.15) is 0 Å². The van der Waals surface area contributed by atoms with Crippen molar-refractivity contribution in [3.05, 3.63) is 35.9 Å². The molecule has 1 heterocycles. The lowest BCUT2D eigenvalue weighted by molar-refractivity contribution is 0.0815. The van der Waals surface area contributed by atoms with Gasteiger partial charge in [-0.05, 0) is 31.2 Å². The highest BCUT2D eigenvalue weighted by Gasteiger charge is 2.30. The first-order valence-electron chi connectivity index (χ1n) is 6.41. The van der Waals surface area contributed by atoms with Crippen molar-refractivity contribution in [2.75, 3.05) is 12.4 Å². The van der Waals surface area contributed by atoms with Crippen molar-refractivity contribution < 1.29 is 13.2 Å². The number of sulfone groups is 1. The second-order valence-electron chi connectivity index (χ2n) is 5.07. The highest BCUT2D eigenvalue weighted by Crippen LogP contribution is 2.25. The molecule has 0 amide bonds. The van der Waals surface area contributed by atoms with Gasteiger partial charge in [-0.3, -0.25) is 0 Å². The van der Waals surface area contributed by atoms with E-state index in [1.54, 1.807) is 6.92 Å². The van der Waals surface area contributed by atoms with Gasteiger partial charge in [-0.1, -0.05) is 30.3 Å². The normalized spacial score (nSPS) is 26.9. The minimum atomic E-state index is -2.83. The van der Waals surface area contributed by atoms with E-state index in [2.05, 4.69) is 0 Å². The van der Waals surface area contributed by atoms with Crippen LogP contribution >= 0.6 is 0 Å². The van der Waals surface area contributed by atoms with E-state index in [9.17, 15) is 8.42 Å².